The average Bonchev–Trinajstić information content (AvgIpc) is 2.80. The number of pyridine rings is 1. The maximum Gasteiger partial charge on any atom is 0.573 e. The van der Waals surface area contributed by atoms with E-state index in [4.69, 9.17) is 4.98 Å². The molecule has 1 aromatic heterocycles. The lowest BCUT2D eigenvalue weighted by molar-refractivity contribution is -0.274. The molecular formula is C26H30BrF3N4O. The Kier molecular flexibility index (Phi) is 8.06. The van der Waals surface area contributed by atoms with E-state index < -0.39 is 6.36 Å². The van der Waals surface area contributed by atoms with E-state index in [1.54, 1.807) is 12.1 Å². The maximum absolute atomic E-state index is 12.7. The summed E-state index contributed by atoms with van der Waals surface area (Å²) in [6.45, 7) is 0.594. The first kappa shape index (κ1) is 25.6. The zero-order valence-corrected chi connectivity index (χ0v) is 21.4. The number of ether oxygens (including phenoxy) is 1. The van der Waals surface area contributed by atoms with Crippen LogP contribution in [0.4, 0.5) is 24.7 Å². The van der Waals surface area contributed by atoms with Gasteiger partial charge in [0.05, 0.1) is 5.52 Å². The second-order valence-electron chi connectivity index (χ2n) is 9.14. The van der Waals surface area contributed by atoms with Crippen molar-refractivity contribution in [2.45, 2.75) is 50.6 Å². The van der Waals surface area contributed by atoms with Gasteiger partial charge in [0.2, 0.25) is 0 Å². The van der Waals surface area contributed by atoms with Gasteiger partial charge in [-0.3, -0.25) is 0 Å². The van der Waals surface area contributed by atoms with Crippen molar-refractivity contribution in [3.05, 3.63) is 58.6 Å². The first-order valence-corrected chi connectivity index (χ1v) is 12.6. The monoisotopic (exact) mass is 550 g/mol. The lowest BCUT2D eigenvalue weighted by atomic mass is 9.91. The topological polar surface area (TPSA) is 49.4 Å². The van der Waals surface area contributed by atoms with E-state index in [2.05, 4.69) is 48.3 Å². The normalized spacial score (nSPS) is 18.5. The third-order valence-electron chi connectivity index (χ3n) is 6.34. The van der Waals surface area contributed by atoms with Crippen LogP contribution in [0.3, 0.4) is 0 Å². The van der Waals surface area contributed by atoms with E-state index in [0.717, 1.165) is 48.1 Å². The van der Waals surface area contributed by atoms with Crippen molar-refractivity contribution in [1.82, 2.24) is 10.3 Å². The first-order valence-electron chi connectivity index (χ1n) is 11.8. The number of rotatable bonds is 8. The van der Waals surface area contributed by atoms with Crippen LogP contribution in [0.25, 0.3) is 10.9 Å². The summed E-state index contributed by atoms with van der Waals surface area (Å²) in [4.78, 5) is 6.91. The molecule has 188 valence electrons. The van der Waals surface area contributed by atoms with E-state index in [1.807, 2.05) is 32.3 Å². The molecule has 2 N–H and O–H groups in total. The van der Waals surface area contributed by atoms with Crippen molar-refractivity contribution in [1.29, 1.82) is 0 Å². The molecule has 0 radical (unpaired) electrons. The SMILES string of the molecule is CN(C)c1cc(N[C@H]2CC[C@@H](NCCc3ccc(Br)cc3OC(F)(F)F)CC2)nc2ccccc12. The molecule has 0 atom stereocenters. The molecule has 3 aromatic rings. The first-order chi connectivity index (χ1) is 16.7. The van der Waals surface area contributed by atoms with Crippen LogP contribution in [-0.2, 0) is 6.42 Å². The molecule has 5 nitrogen and oxygen atoms in total. The van der Waals surface area contributed by atoms with Gasteiger partial charge < -0.3 is 20.3 Å². The largest absolute Gasteiger partial charge is 0.573 e. The van der Waals surface area contributed by atoms with Gasteiger partial charge in [-0.1, -0.05) is 40.2 Å². The van der Waals surface area contributed by atoms with Crippen molar-refractivity contribution in [3.63, 3.8) is 0 Å². The van der Waals surface area contributed by atoms with Crippen molar-refractivity contribution in [2.75, 3.05) is 30.9 Å². The summed E-state index contributed by atoms with van der Waals surface area (Å²) in [7, 11) is 4.07. The summed E-state index contributed by atoms with van der Waals surface area (Å²) in [5.74, 6) is 0.734. The second-order valence-corrected chi connectivity index (χ2v) is 10.1. The lowest BCUT2D eigenvalue weighted by Crippen LogP contribution is -2.38. The van der Waals surface area contributed by atoms with Gasteiger partial charge in [-0.25, -0.2) is 4.98 Å². The lowest BCUT2D eigenvalue weighted by Gasteiger charge is -2.30. The van der Waals surface area contributed by atoms with Crippen molar-refractivity contribution in [2.24, 2.45) is 0 Å². The third kappa shape index (κ3) is 7.01. The summed E-state index contributed by atoms with van der Waals surface area (Å²) in [6.07, 6.45) is -0.239. The Balaban J connectivity index is 1.29. The standard InChI is InChI=1S/C26H30BrF3N4O/c1-34(2)23-16-25(33-22-6-4-3-5-21(22)23)32-20-11-9-19(10-12-20)31-14-13-17-7-8-18(27)15-24(17)35-26(28,29)30/h3-8,15-16,19-20,31H,9-14H2,1-2H3,(H,32,33)/t19-,20+. The van der Waals surface area contributed by atoms with Crippen LogP contribution in [0.1, 0.15) is 31.2 Å². The Labute approximate surface area is 212 Å². The summed E-state index contributed by atoms with van der Waals surface area (Å²) in [5, 5.41) is 8.25. The van der Waals surface area contributed by atoms with E-state index in [0.29, 0.717) is 35.1 Å². The molecule has 0 bridgehead atoms. The molecule has 0 unspecified atom stereocenters. The van der Waals surface area contributed by atoms with Gasteiger partial charge in [0.15, 0.2) is 0 Å². The van der Waals surface area contributed by atoms with Crippen LogP contribution in [0.5, 0.6) is 5.75 Å². The highest BCUT2D eigenvalue weighted by molar-refractivity contribution is 9.10. The second kappa shape index (κ2) is 11.0. The van der Waals surface area contributed by atoms with Crippen molar-refractivity contribution < 1.29 is 17.9 Å². The average molecular weight is 551 g/mol. The molecule has 1 aliphatic carbocycles. The molecule has 4 rings (SSSR count). The number of alkyl halides is 3. The molecule has 1 aliphatic rings. The number of fused-ring (bicyclic) bond motifs is 1. The molecule has 0 saturated heterocycles. The predicted molar refractivity (Wildman–Crippen MR) is 138 cm³/mol. The van der Waals surface area contributed by atoms with Gasteiger partial charge in [0, 0.05) is 47.8 Å². The Morgan fingerprint density at radius 3 is 2.46 bits per heavy atom. The molecule has 2 aromatic carbocycles. The Bertz CT molecular complexity index is 1150. The number of benzene rings is 2. The minimum Gasteiger partial charge on any atom is -0.405 e. The number of nitrogens with one attached hydrogen (secondary N) is 2. The molecule has 1 fully saturated rings. The van der Waals surface area contributed by atoms with Crippen LogP contribution in [0.15, 0.2) is 53.0 Å². The number of aromatic nitrogens is 1. The van der Waals surface area contributed by atoms with Gasteiger partial charge in [0.1, 0.15) is 11.6 Å². The van der Waals surface area contributed by atoms with Crippen molar-refractivity contribution in [3.8, 4) is 5.75 Å². The van der Waals surface area contributed by atoms with Gasteiger partial charge in [-0.15, -0.1) is 13.2 Å². The minimum atomic E-state index is -4.71. The van der Waals surface area contributed by atoms with Crippen LogP contribution >= 0.6 is 15.9 Å². The Morgan fingerprint density at radius 1 is 1.03 bits per heavy atom. The molecule has 0 spiro atoms. The highest BCUT2D eigenvalue weighted by Gasteiger charge is 2.32. The zero-order chi connectivity index (χ0) is 25.0. The van der Waals surface area contributed by atoms with E-state index in [9.17, 15) is 13.2 Å². The molecular weight excluding hydrogens is 521 g/mol. The molecule has 0 aliphatic heterocycles. The summed E-state index contributed by atoms with van der Waals surface area (Å²) in [5.41, 5.74) is 2.64. The zero-order valence-electron chi connectivity index (χ0n) is 19.8. The fourth-order valence-electron chi connectivity index (χ4n) is 4.62. The van der Waals surface area contributed by atoms with E-state index in [1.165, 1.54) is 6.07 Å². The number of anilines is 2. The molecule has 9 heteroatoms. The van der Waals surface area contributed by atoms with E-state index >= 15 is 0 Å². The van der Waals surface area contributed by atoms with Crippen molar-refractivity contribution >= 4 is 38.3 Å². The van der Waals surface area contributed by atoms with Crippen LogP contribution in [0.2, 0.25) is 0 Å². The predicted octanol–water partition coefficient (Wildman–Crippen LogP) is 6.52. The molecule has 0 amide bonds. The number of nitrogens with zero attached hydrogens (tertiary/aromatic N) is 2. The van der Waals surface area contributed by atoms with Gasteiger partial charge in [-0.2, -0.15) is 0 Å². The fraction of sp³-hybridized carbons (Fsp3) is 0.423. The summed E-state index contributed by atoms with van der Waals surface area (Å²) >= 11 is 3.21. The molecule has 35 heavy (non-hydrogen) atoms. The van der Waals surface area contributed by atoms with Gasteiger partial charge in [-0.05, 0) is 62.4 Å². The molecule has 1 heterocycles. The van der Waals surface area contributed by atoms with E-state index in [-0.39, 0.29) is 5.75 Å². The smallest absolute Gasteiger partial charge is 0.405 e. The maximum atomic E-state index is 12.7. The number of hydrogen-bond donors (Lipinski definition) is 2. The van der Waals surface area contributed by atoms with Crippen LogP contribution in [-0.4, -0.2) is 44.1 Å². The number of para-hydroxylation sites is 1. The summed E-state index contributed by atoms with van der Waals surface area (Å²) in [6, 6.07) is 15.7. The number of hydrogen-bond acceptors (Lipinski definition) is 5. The molecule has 1 saturated carbocycles. The van der Waals surface area contributed by atoms with Crippen LogP contribution < -0.4 is 20.3 Å². The Hall–Kier alpha value is -2.52. The number of halogens is 4. The minimum absolute atomic E-state index is 0.151. The highest BCUT2D eigenvalue weighted by atomic mass is 79.9. The fourth-order valence-corrected chi connectivity index (χ4v) is 4.96. The Morgan fingerprint density at radius 2 is 1.74 bits per heavy atom. The highest BCUT2D eigenvalue weighted by Crippen LogP contribution is 2.31. The van der Waals surface area contributed by atoms with Gasteiger partial charge >= 0.3 is 6.36 Å². The van der Waals surface area contributed by atoms with Crippen LogP contribution in [0, 0.1) is 0 Å². The summed E-state index contributed by atoms with van der Waals surface area (Å²) < 4.78 is 42.9. The van der Waals surface area contributed by atoms with Gasteiger partial charge in [0.25, 0.3) is 0 Å². The third-order valence-corrected chi connectivity index (χ3v) is 6.83. The quantitative estimate of drug-likeness (QED) is 0.334.